The molecule has 0 spiro atoms. The smallest absolute Gasteiger partial charge is 0.125 e. The molecule has 0 amide bonds. The molecule has 1 aromatic rings. The van der Waals surface area contributed by atoms with E-state index in [4.69, 9.17) is 14.9 Å². The molecule has 0 heterocycles. The molecule has 5 nitrogen and oxygen atoms in total. The molecule has 5 heteroatoms. The van der Waals surface area contributed by atoms with E-state index in [1.807, 2.05) is 32.0 Å². The lowest BCUT2D eigenvalue weighted by Crippen LogP contribution is -2.52. The molecule has 1 unspecified atom stereocenters. The number of β-amino-alcohol motifs (C(OH)–C–C–N with tert-alkyl or cyclic N) is 1. The van der Waals surface area contributed by atoms with Crippen molar-refractivity contribution in [3.63, 3.8) is 0 Å². The van der Waals surface area contributed by atoms with Gasteiger partial charge in [-0.1, -0.05) is 18.2 Å². The summed E-state index contributed by atoms with van der Waals surface area (Å²) in [5.74, 6) is 0.790. The lowest BCUT2D eigenvalue weighted by atomic mass is 10.1. The molecule has 114 valence electrons. The number of hydrogen-bond donors (Lipinski definition) is 4. The minimum atomic E-state index is -0.792. The Morgan fingerprint density at radius 1 is 1.20 bits per heavy atom. The Balaban J connectivity index is 2.46. The molecule has 0 aliphatic carbocycles. The summed E-state index contributed by atoms with van der Waals surface area (Å²) < 4.78 is 5.65. The molecule has 0 saturated carbocycles. The van der Waals surface area contributed by atoms with E-state index in [2.05, 4.69) is 5.32 Å². The third kappa shape index (κ3) is 4.76. The number of aryl methyl sites for hydroxylation is 2. The Labute approximate surface area is 120 Å². The molecule has 1 rings (SSSR count). The van der Waals surface area contributed by atoms with Crippen LogP contribution < -0.4 is 10.1 Å². The molecule has 0 saturated heterocycles. The van der Waals surface area contributed by atoms with E-state index in [1.165, 1.54) is 0 Å². The van der Waals surface area contributed by atoms with Crippen molar-refractivity contribution in [2.24, 2.45) is 0 Å². The third-order valence-electron chi connectivity index (χ3n) is 3.29. The van der Waals surface area contributed by atoms with Gasteiger partial charge in [-0.2, -0.15) is 0 Å². The van der Waals surface area contributed by atoms with Gasteiger partial charge < -0.3 is 25.4 Å². The second-order valence-corrected chi connectivity index (χ2v) is 5.44. The highest BCUT2D eigenvalue weighted by atomic mass is 16.5. The summed E-state index contributed by atoms with van der Waals surface area (Å²) in [6, 6.07) is 5.88. The van der Waals surface area contributed by atoms with E-state index >= 15 is 0 Å². The van der Waals surface area contributed by atoms with Crippen LogP contribution >= 0.6 is 0 Å². The predicted molar refractivity (Wildman–Crippen MR) is 78.0 cm³/mol. The number of aliphatic hydroxyl groups is 3. The average molecular weight is 283 g/mol. The Morgan fingerprint density at radius 3 is 2.25 bits per heavy atom. The first-order valence-electron chi connectivity index (χ1n) is 6.75. The maximum atomic E-state index is 9.90. The summed E-state index contributed by atoms with van der Waals surface area (Å²) in [5.41, 5.74) is 1.26. The summed E-state index contributed by atoms with van der Waals surface area (Å²) in [6.07, 6.45) is -0.716. The van der Waals surface area contributed by atoms with Gasteiger partial charge in [-0.25, -0.2) is 0 Å². The Morgan fingerprint density at radius 2 is 1.75 bits per heavy atom. The zero-order valence-corrected chi connectivity index (χ0v) is 12.4. The normalized spacial score (nSPS) is 13.3. The molecule has 1 atom stereocenters. The lowest BCUT2D eigenvalue weighted by molar-refractivity contribution is 0.0663. The molecule has 4 N–H and O–H groups in total. The van der Waals surface area contributed by atoms with Gasteiger partial charge in [0.2, 0.25) is 0 Å². The highest BCUT2D eigenvalue weighted by Gasteiger charge is 2.22. The first kappa shape index (κ1) is 16.9. The van der Waals surface area contributed by atoms with Crippen LogP contribution in [0.1, 0.15) is 18.1 Å². The van der Waals surface area contributed by atoms with Crippen molar-refractivity contribution in [3.8, 4) is 5.75 Å². The van der Waals surface area contributed by atoms with Gasteiger partial charge in [-0.05, 0) is 31.9 Å². The highest BCUT2D eigenvalue weighted by molar-refractivity contribution is 5.39. The number of aliphatic hydroxyl groups excluding tert-OH is 3. The minimum absolute atomic E-state index is 0.158. The number of rotatable bonds is 8. The number of ether oxygens (including phenoxy) is 1. The van der Waals surface area contributed by atoms with Crippen LogP contribution in [-0.4, -0.2) is 53.3 Å². The summed E-state index contributed by atoms with van der Waals surface area (Å²) in [7, 11) is 0. The summed E-state index contributed by atoms with van der Waals surface area (Å²) >= 11 is 0. The molecular formula is C15H25NO4. The molecule has 0 aliphatic rings. The van der Waals surface area contributed by atoms with Gasteiger partial charge >= 0.3 is 0 Å². The van der Waals surface area contributed by atoms with Crippen LogP contribution in [0.4, 0.5) is 0 Å². The number of para-hydroxylation sites is 1. The third-order valence-corrected chi connectivity index (χ3v) is 3.29. The zero-order valence-electron chi connectivity index (χ0n) is 12.4. The zero-order chi connectivity index (χ0) is 15.2. The van der Waals surface area contributed by atoms with Crippen molar-refractivity contribution in [2.45, 2.75) is 32.4 Å². The quantitative estimate of drug-likeness (QED) is 0.554. The molecule has 0 radical (unpaired) electrons. The van der Waals surface area contributed by atoms with Crippen LogP contribution in [0.2, 0.25) is 0 Å². The Hall–Kier alpha value is -1.14. The van der Waals surface area contributed by atoms with Crippen molar-refractivity contribution < 1.29 is 20.1 Å². The van der Waals surface area contributed by atoms with Crippen LogP contribution in [0, 0.1) is 13.8 Å². The largest absolute Gasteiger partial charge is 0.490 e. The average Bonchev–Trinajstić information content (AvgIpc) is 2.44. The topological polar surface area (TPSA) is 82.0 Å². The van der Waals surface area contributed by atoms with Gasteiger partial charge in [0.05, 0.1) is 18.8 Å². The molecule has 20 heavy (non-hydrogen) atoms. The Bertz CT molecular complexity index is 398. The van der Waals surface area contributed by atoms with Crippen molar-refractivity contribution in [1.29, 1.82) is 0 Å². The van der Waals surface area contributed by atoms with Crippen LogP contribution in [0.3, 0.4) is 0 Å². The molecular weight excluding hydrogens is 258 g/mol. The fraction of sp³-hybridized carbons (Fsp3) is 0.600. The second kappa shape index (κ2) is 7.59. The van der Waals surface area contributed by atoms with Crippen LogP contribution in [0.25, 0.3) is 0 Å². The van der Waals surface area contributed by atoms with Gasteiger partial charge in [-0.3, -0.25) is 0 Å². The number of benzene rings is 1. The standard InChI is InChI=1S/C15H25NO4/c1-11-5-4-6-12(2)14(11)20-8-13(19)7-16-15(3,9-17)10-18/h4-6,13,16-19H,7-10H2,1-3H3. The maximum Gasteiger partial charge on any atom is 0.125 e. The van der Waals surface area contributed by atoms with Crippen molar-refractivity contribution in [1.82, 2.24) is 5.32 Å². The van der Waals surface area contributed by atoms with Gasteiger partial charge in [-0.15, -0.1) is 0 Å². The second-order valence-electron chi connectivity index (χ2n) is 5.44. The van der Waals surface area contributed by atoms with E-state index in [1.54, 1.807) is 6.92 Å². The fourth-order valence-electron chi connectivity index (χ4n) is 1.79. The van der Waals surface area contributed by atoms with Crippen molar-refractivity contribution in [2.75, 3.05) is 26.4 Å². The lowest BCUT2D eigenvalue weighted by Gasteiger charge is -2.27. The van der Waals surface area contributed by atoms with Crippen LogP contribution in [-0.2, 0) is 0 Å². The van der Waals surface area contributed by atoms with E-state index in [9.17, 15) is 5.11 Å². The number of hydrogen-bond acceptors (Lipinski definition) is 5. The van der Waals surface area contributed by atoms with E-state index < -0.39 is 11.6 Å². The minimum Gasteiger partial charge on any atom is -0.490 e. The van der Waals surface area contributed by atoms with Gasteiger partial charge in [0.25, 0.3) is 0 Å². The van der Waals surface area contributed by atoms with Crippen LogP contribution in [0.5, 0.6) is 5.75 Å². The first-order valence-corrected chi connectivity index (χ1v) is 6.75. The van der Waals surface area contributed by atoms with Crippen LogP contribution in [0.15, 0.2) is 18.2 Å². The van der Waals surface area contributed by atoms with E-state index in [0.717, 1.165) is 16.9 Å². The van der Waals surface area contributed by atoms with E-state index in [-0.39, 0.29) is 26.4 Å². The molecule has 0 bridgehead atoms. The number of nitrogens with one attached hydrogen (secondary N) is 1. The summed E-state index contributed by atoms with van der Waals surface area (Å²) in [5, 5.41) is 31.1. The molecule has 0 aromatic heterocycles. The first-order chi connectivity index (χ1) is 9.41. The molecule has 1 aromatic carbocycles. The van der Waals surface area contributed by atoms with Gasteiger partial charge in [0.1, 0.15) is 18.5 Å². The summed E-state index contributed by atoms with van der Waals surface area (Å²) in [4.78, 5) is 0. The summed E-state index contributed by atoms with van der Waals surface area (Å²) in [6.45, 7) is 5.60. The van der Waals surface area contributed by atoms with Crippen molar-refractivity contribution in [3.05, 3.63) is 29.3 Å². The SMILES string of the molecule is Cc1cccc(C)c1OCC(O)CNC(C)(CO)CO. The molecule has 0 fully saturated rings. The van der Waals surface area contributed by atoms with Gasteiger partial charge in [0.15, 0.2) is 0 Å². The Kier molecular flexibility index (Phi) is 6.42. The fourth-order valence-corrected chi connectivity index (χ4v) is 1.79. The predicted octanol–water partition coefficient (Wildman–Crippen LogP) is 0.376. The maximum absolute atomic E-state index is 9.90. The molecule has 0 aliphatic heterocycles. The highest BCUT2D eigenvalue weighted by Crippen LogP contribution is 2.22. The monoisotopic (exact) mass is 283 g/mol. The van der Waals surface area contributed by atoms with Crippen molar-refractivity contribution >= 4 is 0 Å². The van der Waals surface area contributed by atoms with E-state index in [0.29, 0.717) is 0 Å². The van der Waals surface area contributed by atoms with Gasteiger partial charge in [0, 0.05) is 6.54 Å².